The minimum atomic E-state index is 0.338. The van der Waals surface area contributed by atoms with Crippen LogP contribution in [-0.2, 0) is 4.74 Å². The lowest BCUT2D eigenvalue weighted by Crippen LogP contribution is -2.43. The third-order valence-corrected chi connectivity index (χ3v) is 4.71. The van der Waals surface area contributed by atoms with Gasteiger partial charge in [-0.2, -0.15) is 0 Å². The van der Waals surface area contributed by atoms with Crippen molar-refractivity contribution in [3.05, 3.63) is 23.8 Å². The lowest BCUT2D eigenvalue weighted by Gasteiger charge is -2.31. The number of ether oxygens (including phenoxy) is 1. The number of nitrogen functional groups attached to an aromatic ring is 1. The average molecular weight is 266 g/mol. The van der Waals surface area contributed by atoms with Crippen molar-refractivity contribution < 1.29 is 4.74 Å². The van der Waals surface area contributed by atoms with Gasteiger partial charge >= 0.3 is 0 Å². The third kappa shape index (κ3) is 3.40. The number of benzene rings is 1. The van der Waals surface area contributed by atoms with Crippen molar-refractivity contribution in [2.45, 2.75) is 24.8 Å². The highest BCUT2D eigenvalue weighted by molar-refractivity contribution is 7.99. The number of nitrogens with zero attached hydrogens (tertiary/aromatic N) is 1. The minimum Gasteiger partial charge on any atom is -0.398 e. The van der Waals surface area contributed by atoms with Crippen LogP contribution < -0.4 is 5.73 Å². The predicted octanol–water partition coefficient (Wildman–Crippen LogP) is 2.39. The van der Waals surface area contributed by atoms with Crippen molar-refractivity contribution in [2.24, 2.45) is 0 Å². The molecule has 0 amide bonds. The van der Waals surface area contributed by atoms with Gasteiger partial charge in [-0.1, -0.05) is 13.0 Å². The molecule has 0 aromatic heterocycles. The van der Waals surface area contributed by atoms with Crippen molar-refractivity contribution in [1.82, 2.24) is 4.90 Å². The highest BCUT2D eigenvalue weighted by Gasteiger charge is 2.19. The van der Waals surface area contributed by atoms with Gasteiger partial charge in [0.15, 0.2) is 0 Å². The Morgan fingerprint density at radius 1 is 1.50 bits per heavy atom. The molecule has 1 heterocycles. The summed E-state index contributed by atoms with van der Waals surface area (Å²) in [5, 5.41) is 0. The fourth-order valence-electron chi connectivity index (χ4n) is 2.14. The molecule has 18 heavy (non-hydrogen) atoms. The second-order valence-electron chi connectivity index (χ2n) is 4.67. The lowest BCUT2D eigenvalue weighted by atomic mass is 10.2. The van der Waals surface area contributed by atoms with Gasteiger partial charge in [0, 0.05) is 29.4 Å². The van der Waals surface area contributed by atoms with Crippen LogP contribution in [0.3, 0.4) is 0 Å². The molecule has 0 spiro atoms. The number of morpholine rings is 1. The topological polar surface area (TPSA) is 38.5 Å². The van der Waals surface area contributed by atoms with Gasteiger partial charge in [-0.3, -0.25) is 4.90 Å². The van der Waals surface area contributed by atoms with Crippen molar-refractivity contribution in [2.75, 3.05) is 37.7 Å². The van der Waals surface area contributed by atoms with E-state index in [-0.39, 0.29) is 0 Å². The highest BCUT2D eigenvalue weighted by Crippen LogP contribution is 2.27. The second-order valence-corrected chi connectivity index (χ2v) is 5.73. The van der Waals surface area contributed by atoms with E-state index in [4.69, 9.17) is 10.5 Å². The smallest absolute Gasteiger partial charge is 0.0796 e. The standard InChI is InChI=1S/C14H22N2OS/c1-3-16-7-8-17-12(9-16)10-18-14-6-4-5-13(15)11(14)2/h4-6,12H,3,7-10,15H2,1-2H3. The quantitative estimate of drug-likeness (QED) is 0.671. The Hall–Kier alpha value is -0.710. The van der Waals surface area contributed by atoms with Crippen LogP contribution in [0.1, 0.15) is 12.5 Å². The number of thioether (sulfide) groups is 1. The van der Waals surface area contributed by atoms with Crippen molar-refractivity contribution in [3.63, 3.8) is 0 Å². The number of hydrogen-bond donors (Lipinski definition) is 1. The number of hydrogen-bond acceptors (Lipinski definition) is 4. The molecular formula is C14H22N2OS. The maximum absolute atomic E-state index is 5.92. The van der Waals surface area contributed by atoms with E-state index in [9.17, 15) is 0 Å². The Bertz CT molecular complexity index is 397. The third-order valence-electron chi connectivity index (χ3n) is 3.42. The molecule has 1 atom stereocenters. The van der Waals surface area contributed by atoms with E-state index in [0.717, 1.165) is 37.7 Å². The summed E-state index contributed by atoms with van der Waals surface area (Å²) in [5.41, 5.74) is 7.98. The molecule has 1 fully saturated rings. The first kappa shape index (κ1) is 13.7. The zero-order valence-corrected chi connectivity index (χ0v) is 12.0. The number of likely N-dealkylation sites (N-methyl/N-ethyl adjacent to an activating group) is 1. The van der Waals surface area contributed by atoms with E-state index in [0.29, 0.717) is 6.10 Å². The van der Waals surface area contributed by atoms with Gasteiger partial charge in [-0.05, 0) is 31.2 Å². The van der Waals surface area contributed by atoms with E-state index in [1.807, 2.05) is 23.9 Å². The van der Waals surface area contributed by atoms with E-state index in [2.05, 4.69) is 24.8 Å². The van der Waals surface area contributed by atoms with E-state index in [1.54, 1.807) is 0 Å². The molecule has 0 aliphatic carbocycles. The molecule has 1 aliphatic heterocycles. The van der Waals surface area contributed by atoms with Gasteiger partial charge in [0.05, 0.1) is 12.7 Å². The van der Waals surface area contributed by atoms with Gasteiger partial charge in [-0.15, -0.1) is 11.8 Å². The SMILES string of the molecule is CCN1CCOC(CSc2cccc(N)c2C)C1. The normalized spacial score (nSPS) is 21.1. The van der Waals surface area contributed by atoms with Crippen LogP contribution in [0.25, 0.3) is 0 Å². The maximum atomic E-state index is 5.92. The Morgan fingerprint density at radius 3 is 3.11 bits per heavy atom. The Morgan fingerprint density at radius 2 is 2.33 bits per heavy atom. The molecule has 0 radical (unpaired) electrons. The summed E-state index contributed by atoms with van der Waals surface area (Å²) in [6.07, 6.45) is 0.338. The predicted molar refractivity (Wildman–Crippen MR) is 78.2 cm³/mol. The molecule has 1 aromatic rings. The van der Waals surface area contributed by atoms with Crippen molar-refractivity contribution >= 4 is 17.4 Å². The van der Waals surface area contributed by atoms with E-state index in [1.165, 1.54) is 10.5 Å². The summed E-state index contributed by atoms with van der Waals surface area (Å²) in [6, 6.07) is 6.11. The van der Waals surface area contributed by atoms with Crippen LogP contribution >= 0.6 is 11.8 Å². The minimum absolute atomic E-state index is 0.338. The second kappa shape index (κ2) is 6.45. The molecule has 1 aliphatic rings. The highest BCUT2D eigenvalue weighted by atomic mass is 32.2. The fraction of sp³-hybridized carbons (Fsp3) is 0.571. The van der Waals surface area contributed by atoms with Crippen molar-refractivity contribution in [3.8, 4) is 0 Å². The summed E-state index contributed by atoms with van der Waals surface area (Å²) in [4.78, 5) is 3.72. The molecule has 1 aromatic carbocycles. The zero-order chi connectivity index (χ0) is 13.0. The van der Waals surface area contributed by atoms with Crippen LogP contribution in [0.5, 0.6) is 0 Å². The monoisotopic (exact) mass is 266 g/mol. The number of anilines is 1. The largest absolute Gasteiger partial charge is 0.398 e. The number of nitrogens with two attached hydrogens (primary N) is 1. The van der Waals surface area contributed by atoms with Gasteiger partial charge in [0.2, 0.25) is 0 Å². The molecule has 2 N–H and O–H groups in total. The maximum Gasteiger partial charge on any atom is 0.0796 e. The van der Waals surface area contributed by atoms with Gasteiger partial charge in [0.25, 0.3) is 0 Å². The van der Waals surface area contributed by atoms with Crippen LogP contribution in [0.2, 0.25) is 0 Å². The molecule has 0 saturated carbocycles. The Labute approximate surface area is 114 Å². The van der Waals surface area contributed by atoms with Crippen molar-refractivity contribution in [1.29, 1.82) is 0 Å². The lowest BCUT2D eigenvalue weighted by molar-refractivity contribution is -0.0137. The van der Waals surface area contributed by atoms with Crippen LogP contribution in [0, 0.1) is 6.92 Å². The number of rotatable bonds is 4. The Balaban J connectivity index is 1.89. The molecule has 2 rings (SSSR count). The summed E-state index contributed by atoms with van der Waals surface area (Å²) in [6.45, 7) is 8.37. The summed E-state index contributed by atoms with van der Waals surface area (Å²) in [5.74, 6) is 1.00. The fourth-order valence-corrected chi connectivity index (χ4v) is 3.22. The molecule has 100 valence electrons. The molecule has 1 saturated heterocycles. The van der Waals surface area contributed by atoms with Gasteiger partial charge in [-0.25, -0.2) is 0 Å². The first-order valence-corrected chi connectivity index (χ1v) is 7.51. The van der Waals surface area contributed by atoms with Gasteiger partial charge in [0.1, 0.15) is 0 Å². The first-order chi connectivity index (χ1) is 8.70. The molecule has 0 bridgehead atoms. The molecular weight excluding hydrogens is 244 g/mol. The van der Waals surface area contributed by atoms with E-state index >= 15 is 0 Å². The molecule has 3 nitrogen and oxygen atoms in total. The zero-order valence-electron chi connectivity index (χ0n) is 11.2. The van der Waals surface area contributed by atoms with Gasteiger partial charge < -0.3 is 10.5 Å². The van der Waals surface area contributed by atoms with Crippen LogP contribution in [-0.4, -0.2) is 43.0 Å². The van der Waals surface area contributed by atoms with Crippen LogP contribution in [0.15, 0.2) is 23.1 Å². The molecule has 4 heteroatoms. The summed E-state index contributed by atoms with van der Waals surface area (Å²) < 4.78 is 5.81. The first-order valence-electron chi connectivity index (χ1n) is 6.52. The molecule has 1 unspecified atom stereocenters. The summed E-state index contributed by atoms with van der Waals surface area (Å²) >= 11 is 1.85. The van der Waals surface area contributed by atoms with Crippen LogP contribution in [0.4, 0.5) is 5.69 Å². The summed E-state index contributed by atoms with van der Waals surface area (Å²) in [7, 11) is 0. The average Bonchev–Trinajstić information content (AvgIpc) is 2.41. The Kier molecular flexibility index (Phi) is 4.92. The van der Waals surface area contributed by atoms with E-state index < -0.39 is 0 Å².